The maximum absolute atomic E-state index is 13.1. The van der Waals surface area contributed by atoms with Crippen LogP contribution in [-0.2, 0) is 10.4 Å². The van der Waals surface area contributed by atoms with E-state index < -0.39 is 5.60 Å². The molecule has 2 bridgehead atoms. The Balaban J connectivity index is 1.56. The minimum Gasteiger partial charge on any atom is -0.385 e. The van der Waals surface area contributed by atoms with Gasteiger partial charge in [-0.15, -0.1) is 0 Å². The standard InChI is InChI=1S/C18H22FNO2/c19-14-6-4-13(5-7-14)18(22)10-15-8-9-16(11-18)20(15)17(21)12-2-1-3-12/h4-7,12,15-16,22H,1-3,8-11H2/t15-,16-/m0/s1. The van der Waals surface area contributed by atoms with Gasteiger partial charge in [-0.1, -0.05) is 18.6 Å². The second-order valence-corrected chi connectivity index (χ2v) is 7.21. The molecule has 3 aliphatic rings. The Morgan fingerprint density at radius 2 is 1.68 bits per heavy atom. The van der Waals surface area contributed by atoms with Crippen LogP contribution in [0.4, 0.5) is 4.39 Å². The first kappa shape index (κ1) is 14.2. The molecule has 1 aliphatic carbocycles. The minimum atomic E-state index is -0.921. The topological polar surface area (TPSA) is 40.5 Å². The largest absolute Gasteiger partial charge is 0.385 e. The van der Waals surface area contributed by atoms with Crippen molar-refractivity contribution in [3.05, 3.63) is 35.6 Å². The number of halogens is 1. The molecule has 1 N–H and O–H groups in total. The molecular formula is C18H22FNO2. The first-order chi connectivity index (χ1) is 10.6. The van der Waals surface area contributed by atoms with E-state index in [4.69, 9.17) is 0 Å². The number of nitrogens with zero attached hydrogens (tertiary/aromatic N) is 1. The Hall–Kier alpha value is -1.42. The van der Waals surface area contributed by atoms with Crippen LogP contribution >= 0.6 is 0 Å². The van der Waals surface area contributed by atoms with Crippen LogP contribution in [0.15, 0.2) is 24.3 Å². The fourth-order valence-electron chi connectivity index (χ4n) is 4.45. The van der Waals surface area contributed by atoms with Crippen LogP contribution in [0.3, 0.4) is 0 Å². The molecule has 4 rings (SSSR count). The summed E-state index contributed by atoms with van der Waals surface area (Å²) >= 11 is 0. The summed E-state index contributed by atoms with van der Waals surface area (Å²) in [6.45, 7) is 0. The lowest BCUT2D eigenvalue weighted by molar-refractivity contribution is -0.149. The molecule has 3 nitrogen and oxygen atoms in total. The average Bonchev–Trinajstić information content (AvgIpc) is 2.70. The third kappa shape index (κ3) is 2.16. The predicted molar refractivity (Wildman–Crippen MR) is 80.5 cm³/mol. The third-order valence-electron chi connectivity index (χ3n) is 5.86. The Kier molecular flexibility index (Phi) is 3.26. The van der Waals surface area contributed by atoms with Gasteiger partial charge in [-0.25, -0.2) is 4.39 Å². The Labute approximate surface area is 130 Å². The highest BCUT2D eigenvalue weighted by Gasteiger charge is 2.51. The van der Waals surface area contributed by atoms with Crippen LogP contribution in [0.1, 0.15) is 50.5 Å². The van der Waals surface area contributed by atoms with Gasteiger partial charge in [0.05, 0.1) is 5.60 Å². The van der Waals surface area contributed by atoms with Gasteiger partial charge >= 0.3 is 0 Å². The second kappa shape index (κ2) is 5.05. The van der Waals surface area contributed by atoms with Gasteiger partial charge in [-0.05, 0) is 43.4 Å². The number of rotatable bonds is 2. The highest BCUT2D eigenvalue weighted by atomic mass is 19.1. The molecule has 1 aromatic rings. The molecule has 1 aromatic carbocycles. The van der Waals surface area contributed by atoms with Crippen molar-refractivity contribution in [1.29, 1.82) is 0 Å². The van der Waals surface area contributed by atoms with E-state index in [1.807, 2.05) is 0 Å². The summed E-state index contributed by atoms with van der Waals surface area (Å²) < 4.78 is 13.1. The highest BCUT2D eigenvalue weighted by Crippen LogP contribution is 2.47. The number of benzene rings is 1. The van der Waals surface area contributed by atoms with Crippen LogP contribution < -0.4 is 0 Å². The molecule has 0 aromatic heterocycles. The lowest BCUT2D eigenvalue weighted by Crippen LogP contribution is -2.54. The van der Waals surface area contributed by atoms with E-state index in [2.05, 4.69) is 4.90 Å². The predicted octanol–water partition coefficient (Wildman–Crippen LogP) is 2.97. The molecule has 2 aliphatic heterocycles. The van der Waals surface area contributed by atoms with Crippen LogP contribution in [0.2, 0.25) is 0 Å². The summed E-state index contributed by atoms with van der Waals surface area (Å²) in [7, 11) is 0. The molecule has 1 saturated carbocycles. The van der Waals surface area contributed by atoms with Gasteiger partial charge in [0.1, 0.15) is 5.82 Å². The fourth-order valence-corrected chi connectivity index (χ4v) is 4.45. The lowest BCUT2D eigenvalue weighted by atomic mass is 9.78. The van der Waals surface area contributed by atoms with Crippen LogP contribution in [0.5, 0.6) is 0 Å². The molecular weight excluding hydrogens is 281 g/mol. The van der Waals surface area contributed by atoms with E-state index >= 15 is 0 Å². The Morgan fingerprint density at radius 1 is 1.09 bits per heavy atom. The Bertz CT molecular complexity index is 567. The van der Waals surface area contributed by atoms with Crippen molar-refractivity contribution in [2.24, 2.45) is 5.92 Å². The van der Waals surface area contributed by atoms with Crippen molar-refractivity contribution in [2.75, 3.05) is 0 Å². The monoisotopic (exact) mass is 303 g/mol. The lowest BCUT2D eigenvalue weighted by Gasteiger charge is -2.46. The quantitative estimate of drug-likeness (QED) is 0.912. The first-order valence-electron chi connectivity index (χ1n) is 8.37. The fraction of sp³-hybridized carbons (Fsp3) is 0.611. The molecule has 2 saturated heterocycles. The molecule has 0 unspecified atom stereocenters. The normalized spacial score (nSPS) is 34.5. The number of hydrogen-bond acceptors (Lipinski definition) is 2. The smallest absolute Gasteiger partial charge is 0.226 e. The number of carbonyl (C=O) groups is 1. The summed E-state index contributed by atoms with van der Waals surface area (Å²) in [5.74, 6) is 0.243. The van der Waals surface area contributed by atoms with E-state index in [1.54, 1.807) is 12.1 Å². The SMILES string of the molecule is O=C(C1CCC1)N1[C@H]2CC[C@H]1CC(O)(c1ccc(F)cc1)C2. The number of carbonyl (C=O) groups excluding carboxylic acids is 1. The molecule has 1 amide bonds. The van der Waals surface area contributed by atoms with E-state index in [0.717, 1.165) is 31.2 Å². The average molecular weight is 303 g/mol. The van der Waals surface area contributed by atoms with Gasteiger partial charge < -0.3 is 10.0 Å². The van der Waals surface area contributed by atoms with E-state index in [0.29, 0.717) is 18.7 Å². The maximum Gasteiger partial charge on any atom is 0.226 e. The van der Waals surface area contributed by atoms with E-state index in [9.17, 15) is 14.3 Å². The molecule has 4 heteroatoms. The van der Waals surface area contributed by atoms with Gasteiger partial charge in [0, 0.05) is 30.8 Å². The second-order valence-electron chi connectivity index (χ2n) is 7.21. The molecule has 2 heterocycles. The number of piperidine rings is 1. The number of hydrogen-bond donors (Lipinski definition) is 1. The maximum atomic E-state index is 13.1. The van der Waals surface area contributed by atoms with Crippen molar-refractivity contribution in [2.45, 2.75) is 62.6 Å². The molecule has 2 atom stereocenters. The first-order valence-corrected chi connectivity index (χ1v) is 8.37. The van der Waals surface area contributed by atoms with E-state index in [1.165, 1.54) is 18.6 Å². The summed E-state index contributed by atoms with van der Waals surface area (Å²) in [5.41, 5.74) is -0.142. The van der Waals surface area contributed by atoms with Crippen molar-refractivity contribution in [1.82, 2.24) is 4.90 Å². The number of fused-ring (bicyclic) bond motifs is 2. The van der Waals surface area contributed by atoms with Gasteiger partial charge in [0.15, 0.2) is 0 Å². The Morgan fingerprint density at radius 3 is 2.18 bits per heavy atom. The van der Waals surface area contributed by atoms with E-state index in [-0.39, 0.29) is 23.8 Å². The molecule has 0 spiro atoms. The number of amides is 1. The molecule has 22 heavy (non-hydrogen) atoms. The van der Waals surface area contributed by atoms with Crippen LogP contribution in [0, 0.1) is 11.7 Å². The highest BCUT2D eigenvalue weighted by molar-refractivity contribution is 5.80. The summed E-state index contributed by atoms with van der Waals surface area (Å²) in [5, 5.41) is 11.1. The molecule has 118 valence electrons. The molecule has 0 radical (unpaired) electrons. The van der Waals surface area contributed by atoms with Gasteiger partial charge in [0.2, 0.25) is 5.91 Å². The van der Waals surface area contributed by atoms with Crippen molar-refractivity contribution in [3.63, 3.8) is 0 Å². The van der Waals surface area contributed by atoms with Gasteiger partial charge in [-0.3, -0.25) is 4.79 Å². The van der Waals surface area contributed by atoms with Crippen LogP contribution in [-0.4, -0.2) is 28.0 Å². The zero-order chi connectivity index (χ0) is 15.3. The zero-order valence-electron chi connectivity index (χ0n) is 12.7. The van der Waals surface area contributed by atoms with Gasteiger partial charge in [-0.2, -0.15) is 0 Å². The van der Waals surface area contributed by atoms with Gasteiger partial charge in [0.25, 0.3) is 0 Å². The summed E-state index contributed by atoms with van der Waals surface area (Å²) in [6, 6.07) is 6.45. The minimum absolute atomic E-state index is 0.141. The number of aliphatic hydroxyl groups is 1. The van der Waals surface area contributed by atoms with Crippen molar-refractivity contribution in [3.8, 4) is 0 Å². The zero-order valence-corrected chi connectivity index (χ0v) is 12.7. The summed E-state index contributed by atoms with van der Waals surface area (Å²) in [4.78, 5) is 14.7. The summed E-state index contributed by atoms with van der Waals surface area (Å²) in [6.07, 6.45) is 6.33. The van der Waals surface area contributed by atoms with Crippen molar-refractivity contribution < 1.29 is 14.3 Å². The molecule has 3 fully saturated rings. The van der Waals surface area contributed by atoms with Crippen molar-refractivity contribution >= 4 is 5.91 Å². The van der Waals surface area contributed by atoms with Crippen LogP contribution in [0.25, 0.3) is 0 Å². The third-order valence-corrected chi connectivity index (χ3v) is 5.86.